The largest absolute Gasteiger partial charge is 0.491 e. The van der Waals surface area contributed by atoms with Gasteiger partial charge in [0.25, 0.3) is 0 Å². The van der Waals surface area contributed by atoms with Crippen molar-refractivity contribution in [1.29, 1.82) is 0 Å². The maximum Gasteiger partial charge on any atom is 0.197 e. The Bertz CT molecular complexity index is 1000. The lowest BCUT2D eigenvalue weighted by atomic mass is 9.84. The Labute approximate surface area is 199 Å². The molecule has 0 bridgehead atoms. The molecule has 2 unspecified atom stereocenters. The molecular formula is C30H38O3. The molecule has 1 aliphatic rings. The molecule has 0 aliphatic heterocycles. The summed E-state index contributed by atoms with van der Waals surface area (Å²) in [5, 5.41) is 2.40. The Morgan fingerprint density at radius 2 is 1.55 bits per heavy atom. The lowest BCUT2D eigenvalue weighted by Crippen LogP contribution is -2.20. The molecule has 0 heterocycles. The maximum absolute atomic E-state index is 6.15. The van der Waals surface area contributed by atoms with Crippen molar-refractivity contribution in [3.05, 3.63) is 71.8 Å². The summed E-state index contributed by atoms with van der Waals surface area (Å²) >= 11 is 0. The van der Waals surface area contributed by atoms with Gasteiger partial charge in [0.2, 0.25) is 0 Å². The van der Waals surface area contributed by atoms with Gasteiger partial charge in [0, 0.05) is 5.39 Å². The third-order valence-corrected chi connectivity index (χ3v) is 7.01. The predicted octanol–water partition coefficient (Wildman–Crippen LogP) is 8.22. The molecule has 0 aromatic heterocycles. The molecular weight excluding hydrogens is 408 g/mol. The predicted molar refractivity (Wildman–Crippen MR) is 136 cm³/mol. The summed E-state index contributed by atoms with van der Waals surface area (Å²) in [6.07, 6.45) is 7.52. The van der Waals surface area contributed by atoms with Gasteiger partial charge < -0.3 is 14.2 Å². The lowest BCUT2D eigenvalue weighted by molar-refractivity contribution is -0.0731. The molecule has 0 saturated heterocycles. The summed E-state index contributed by atoms with van der Waals surface area (Å²) in [5.41, 5.74) is 2.82. The van der Waals surface area contributed by atoms with Gasteiger partial charge in [0.15, 0.2) is 6.29 Å². The molecule has 1 fully saturated rings. The van der Waals surface area contributed by atoms with Crippen LogP contribution in [0.25, 0.3) is 10.8 Å². The fourth-order valence-electron chi connectivity index (χ4n) is 4.92. The van der Waals surface area contributed by atoms with Crippen LogP contribution < -0.4 is 9.47 Å². The van der Waals surface area contributed by atoms with E-state index in [4.69, 9.17) is 14.2 Å². The second kappa shape index (κ2) is 11.6. The van der Waals surface area contributed by atoms with E-state index in [0.29, 0.717) is 19.1 Å². The van der Waals surface area contributed by atoms with Crippen molar-refractivity contribution in [1.82, 2.24) is 0 Å². The fraction of sp³-hybridized carbons (Fsp3) is 0.467. The van der Waals surface area contributed by atoms with Crippen molar-refractivity contribution in [2.24, 2.45) is 0 Å². The van der Waals surface area contributed by atoms with Crippen LogP contribution in [0.2, 0.25) is 0 Å². The number of benzene rings is 3. The zero-order chi connectivity index (χ0) is 23.0. The van der Waals surface area contributed by atoms with Crippen LogP contribution in [-0.2, 0) is 4.74 Å². The number of fused-ring (bicyclic) bond motifs is 1. The van der Waals surface area contributed by atoms with Crippen molar-refractivity contribution in [2.45, 2.75) is 77.4 Å². The minimum atomic E-state index is -0.347. The van der Waals surface area contributed by atoms with E-state index >= 15 is 0 Å². The van der Waals surface area contributed by atoms with Crippen molar-refractivity contribution >= 4 is 10.8 Å². The molecule has 0 amide bonds. The van der Waals surface area contributed by atoms with Crippen LogP contribution in [0, 0.1) is 0 Å². The molecule has 0 radical (unpaired) electrons. The second-order valence-corrected chi connectivity index (χ2v) is 9.32. The average molecular weight is 447 g/mol. The van der Waals surface area contributed by atoms with E-state index in [1.54, 1.807) is 0 Å². The first kappa shape index (κ1) is 23.6. The van der Waals surface area contributed by atoms with Gasteiger partial charge in [-0.15, -0.1) is 0 Å². The van der Waals surface area contributed by atoms with Gasteiger partial charge in [-0.05, 0) is 72.7 Å². The van der Waals surface area contributed by atoms with Gasteiger partial charge in [-0.2, -0.15) is 0 Å². The van der Waals surface area contributed by atoms with E-state index in [1.165, 1.54) is 48.6 Å². The maximum atomic E-state index is 6.15. The SMILES string of the molecule is CCC(C)c1cccc2c(OC(C)OCCOc3ccc(C4CCCCC4)cc3)cccc12. The quantitative estimate of drug-likeness (QED) is 0.232. The van der Waals surface area contributed by atoms with E-state index in [0.717, 1.165) is 29.2 Å². The number of rotatable bonds is 10. The van der Waals surface area contributed by atoms with Crippen molar-refractivity contribution in [2.75, 3.05) is 13.2 Å². The van der Waals surface area contributed by atoms with E-state index in [9.17, 15) is 0 Å². The summed E-state index contributed by atoms with van der Waals surface area (Å²) in [5.74, 6) is 3.01. The Hall–Kier alpha value is -2.52. The highest BCUT2D eigenvalue weighted by atomic mass is 16.7. The Kier molecular flexibility index (Phi) is 8.28. The third-order valence-electron chi connectivity index (χ3n) is 7.01. The lowest BCUT2D eigenvalue weighted by Gasteiger charge is -2.22. The zero-order valence-corrected chi connectivity index (χ0v) is 20.4. The number of hydrogen-bond donors (Lipinski definition) is 0. The smallest absolute Gasteiger partial charge is 0.197 e. The third kappa shape index (κ3) is 6.09. The summed E-state index contributed by atoms with van der Waals surface area (Å²) in [4.78, 5) is 0. The number of ether oxygens (including phenoxy) is 3. The van der Waals surface area contributed by atoms with Crippen LogP contribution >= 0.6 is 0 Å². The average Bonchev–Trinajstić information content (AvgIpc) is 2.87. The summed E-state index contributed by atoms with van der Waals surface area (Å²) in [7, 11) is 0. The molecule has 1 saturated carbocycles. The first-order chi connectivity index (χ1) is 16.2. The van der Waals surface area contributed by atoms with E-state index in [2.05, 4.69) is 68.4 Å². The molecule has 3 aromatic carbocycles. The Morgan fingerprint density at radius 1 is 0.818 bits per heavy atom. The van der Waals surface area contributed by atoms with E-state index in [1.807, 2.05) is 13.0 Å². The monoisotopic (exact) mass is 446 g/mol. The van der Waals surface area contributed by atoms with Gasteiger partial charge in [-0.25, -0.2) is 0 Å². The standard InChI is InChI=1S/C30H38O3/c1-4-22(2)27-12-8-14-29-28(27)13-9-15-30(29)33-23(3)31-20-21-32-26-18-16-25(17-19-26)24-10-6-5-7-11-24/h8-9,12-19,22-24H,4-7,10-11,20-21H2,1-3H3. The summed E-state index contributed by atoms with van der Waals surface area (Å²) in [6, 6.07) is 21.4. The van der Waals surface area contributed by atoms with Crippen LogP contribution in [0.1, 0.15) is 82.3 Å². The van der Waals surface area contributed by atoms with Gasteiger partial charge in [-0.1, -0.05) is 75.6 Å². The zero-order valence-electron chi connectivity index (χ0n) is 20.4. The Balaban J connectivity index is 1.27. The molecule has 176 valence electrons. The number of hydrogen-bond acceptors (Lipinski definition) is 3. The van der Waals surface area contributed by atoms with E-state index in [-0.39, 0.29) is 6.29 Å². The van der Waals surface area contributed by atoms with Crippen molar-refractivity contribution in [3.63, 3.8) is 0 Å². The Morgan fingerprint density at radius 3 is 2.30 bits per heavy atom. The van der Waals surface area contributed by atoms with Gasteiger partial charge in [0.05, 0.1) is 6.61 Å². The van der Waals surface area contributed by atoms with Gasteiger partial charge >= 0.3 is 0 Å². The highest BCUT2D eigenvalue weighted by Crippen LogP contribution is 2.34. The van der Waals surface area contributed by atoms with E-state index < -0.39 is 0 Å². The first-order valence-electron chi connectivity index (χ1n) is 12.7. The molecule has 0 N–H and O–H groups in total. The molecule has 2 atom stereocenters. The van der Waals surface area contributed by atoms with Crippen molar-refractivity contribution in [3.8, 4) is 11.5 Å². The molecule has 1 aliphatic carbocycles. The first-order valence-corrected chi connectivity index (χ1v) is 12.7. The van der Waals surface area contributed by atoms with Crippen LogP contribution in [-0.4, -0.2) is 19.5 Å². The highest BCUT2D eigenvalue weighted by molar-refractivity contribution is 5.91. The normalized spacial score (nSPS) is 16.5. The molecule has 33 heavy (non-hydrogen) atoms. The van der Waals surface area contributed by atoms with Crippen LogP contribution in [0.15, 0.2) is 60.7 Å². The minimum Gasteiger partial charge on any atom is -0.491 e. The second-order valence-electron chi connectivity index (χ2n) is 9.32. The molecule has 3 nitrogen and oxygen atoms in total. The van der Waals surface area contributed by atoms with Crippen LogP contribution in [0.3, 0.4) is 0 Å². The highest BCUT2D eigenvalue weighted by Gasteiger charge is 2.15. The van der Waals surface area contributed by atoms with Crippen LogP contribution in [0.5, 0.6) is 11.5 Å². The molecule has 4 rings (SSSR count). The molecule has 0 spiro atoms. The van der Waals surface area contributed by atoms with Gasteiger partial charge in [0.1, 0.15) is 18.1 Å². The topological polar surface area (TPSA) is 27.7 Å². The summed E-state index contributed by atoms with van der Waals surface area (Å²) in [6.45, 7) is 7.43. The summed E-state index contributed by atoms with van der Waals surface area (Å²) < 4.78 is 17.9. The van der Waals surface area contributed by atoms with Gasteiger partial charge in [-0.3, -0.25) is 0 Å². The molecule has 3 aromatic rings. The fourth-order valence-corrected chi connectivity index (χ4v) is 4.92. The molecule has 3 heteroatoms. The minimum absolute atomic E-state index is 0.347. The van der Waals surface area contributed by atoms with Crippen LogP contribution in [0.4, 0.5) is 0 Å². The van der Waals surface area contributed by atoms with Crippen molar-refractivity contribution < 1.29 is 14.2 Å².